The number of carbonyl (C=O) groups excluding carboxylic acids is 3. The number of pyridine rings is 1. The fourth-order valence-electron chi connectivity index (χ4n) is 3.19. The molecule has 0 bridgehead atoms. The van der Waals surface area contributed by atoms with Crippen LogP contribution >= 0.6 is 11.8 Å². The molecule has 0 saturated carbocycles. The Balaban J connectivity index is 2.00. The largest absolute Gasteiger partial charge is 0.481 e. The highest BCUT2D eigenvalue weighted by Gasteiger charge is 2.26. The van der Waals surface area contributed by atoms with Gasteiger partial charge >= 0.3 is 18.0 Å². The summed E-state index contributed by atoms with van der Waals surface area (Å²) in [7, 11) is 1.21. The minimum Gasteiger partial charge on any atom is -0.481 e. The van der Waals surface area contributed by atoms with Crippen molar-refractivity contribution in [2.24, 2.45) is 5.92 Å². The van der Waals surface area contributed by atoms with Gasteiger partial charge in [-0.25, -0.2) is 9.59 Å². The summed E-state index contributed by atoms with van der Waals surface area (Å²) in [5, 5.41) is 14.5. The van der Waals surface area contributed by atoms with Crippen LogP contribution in [0.4, 0.5) is 10.5 Å². The number of nitrogens with one attached hydrogen (secondary N) is 2. The van der Waals surface area contributed by atoms with Crippen LogP contribution in [0.5, 0.6) is 0 Å². The lowest BCUT2D eigenvalue weighted by atomic mass is 9.97. The second-order valence-electron chi connectivity index (χ2n) is 7.49. The quantitative estimate of drug-likeness (QED) is 0.335. The van der Waals surface area contributed by atoms with E-state index in [0.29, 0.717) is 11.3 Å². The molecule has 0 saturated heterocycles. The molecular weight excluding hydrogens is 446 g/mol. The monoisotopic (exact) mass is 473 g/mol. The van der Waals surface area contributed by atoms with Crippen molar-refractivity contribution in [1.29, 1.82) is 0 Å². The summed E-state index contributed by atoms with van der Waals surface area (Å²) in [6.07, 6.45) is 2.55. The number of ketones is 1. The van der Waals surface area contributed by atoms with Crippen molar-refractivity contribution in [1.82, 2.24) is 10.3 Å². The molecule has 0 fully saturated rings. The smallest absolute Gasteiger partial charge is 0.329 e. The number of carbonyl (C=O) groups is 4. The van der Waals surface area contributed by atoms with Crippen molar-refractivity contribution in [3.05, 3.63) is 59.4 Å². The van der Waals surface area contributed by atoms with Crippen LogP contribution in [0.1, 0.15) is 27.9 Å². The van der Waals surface area contributed by atoms with E-state index in [1.165, 1.54) is 31.3 Å². The van der Waals surface area contributed by atoms with Crippen LogP contribution in [-0.2, 0) is 14.3 Å². The van der Waals surface area contributed by atoms with Gasteiger partial charge in [0.25, 0.3) is 0 Å². The number of hydrogen-bond acceptors (Lipinski definition) is 7. The number of methoxy groups -OCH3 is 1. The first kappa shape index (κ1) is 25.9. The van der Waals surface area contributed by atoms with Gasteiger partial charge in [0.05, 0.1) is 13.5 Å². The zero-order valence-corrected chi connectivity index (χ0v) is 19.5. The molecule has 2 amide bonds. The van der Waals surface area contributed by atoms with Gasteiger partial charge in [0, 0.05) is 41.1 Å². The van der Waals surface area contributed by atoms with E-state index in [9.17, 15) is 24.3 Å². The van der Waals surface area contributed by atoms with Crippen LogP contribution in [0.2, 0.25) is 0 Å². The third kappa shape index (κ3) is 8.57. The van der Waals surface area contributed by atoms with Crippen LogP contribution in [0.3, 0.4) is 0 Å². The summed E-state index contributed by atoms with van der Waals surface area (Å²) in [5.74, 6) is -2.65. The Morgan fingerprint density at radius 2 is 1.82 bits per heavy atom. The summed E-state index contributed by atoms with van der Waals surface area (Å²) in [5.41, 5.74) is 2.87. The highest BCUT2D eigenvalue weighted by molar-refractivity contribution is 7.99. The number of nitrogens with zero attached hydrogens (tertiary/aromatic N) is 1. The second-order valence-corrected chi connectivity index (χ2v) is 8.56. The van der Waals surface area contributed by atoms with Crippen molar-refractivity contribution >= 4 is 41.2 Å². The minimum atomic E-state index is -1.10. The number of thioether (sulfide) groups is 1. The van der Waals surface area contributed by atoms with Gasteiger partial charge in [0.15, 0.2) is 5.78 Å². The number of aromatic nitrogens is 1. The topological polar surface area (TPSA) is 135 Å². The molecule has 1 heterocycles. The van der Waals surface area contributed by atoms with E-state index in [2.05, 4.69) is 15.6 Å². The van der Waals surface area contributed by atoms with Crippen LogP contribution < -0.4 is 10.6 Å². The van der Waals surface area contributed by atoms with Crippen LogP contribution in [0.15, 0.2) is 42.7 Å². The van der Waals surface area contributed by atoms with Crippen molar-refractivity contribution in [3.63, 3.8) is 0 Å². The molecule has 0 radical (unpaired) electrons. The molecule has 0 aliphatic rings. The van der Waals surface area contributed by atoms with Crippen LogP contribution in [-0.4, -0.2) is 58.5 Å². The molecule has 1 aromatic heterocycles. The van der Waals surface area contributed by atoms with Crippen molar-refractivity contribution in [2.75, 3.05) is 23.9 Å². The first-order valence-corrected chi connectivity index (χ1v) is 11.3. The molecule has 33 heavy (non-hydrogen) atoms. The molecule has 2 aromatic rings. The Morgan fingerprint density at radius 1 is 1.12 bits per heavy atom. The SMILES string of the molecule is COC(=O)C(CSCC(CC(=O)O)C(=O)c1cccnc1)NC(=O)Nc1cc(C)cc(C)c1. The number of rotatable bonds is 11. The summed E-state index contributed by atoms with van der Waals surface area (Å²) in [6.45, 7) is 3.81. The standard InChI is InChI=1S/C23H27N3O6S/c1-14-7-15(2)9-18(8-14)25-23(31)26-19(22(30)32-3)13-33-12-17(10-20(27)28)21(29)16-5-4-6-24-11-16/h4-9,11,17,19H,10,12-13H2,1-3H3,(H,27,28)(H2,25,26,31). The number of ether oxygens (including phenoxy) is 1. The van der Waals surface area contributed by atoms with Crippen molar-refractivity contribution in [2.45, 2.75) is 26.3 Å². The molecule has 1 aromatic carbocycles. The highest BCUT2D eigenvalue weighted by atomic mass is 32.2. The van der Waals surface area contributed by atoms with Gasteiger partial charge in [0.1, 0.15) is 6.04 Å². The number of benzene rings is 1. The number of aryl methyl sites for hydroxylation is 2. The average Bonchev–Trinajstić information content (AvgIpc) is 2.76. The Morgan fingerprint density at radius 3 is 2.39 bits per heavy atom. The summed E-state index contributed by atoms with van der Waals surface area (Å²) in [6, 6.07) is 7.19. The fraction of sp³-hybridized carbons (Fsp3) is 0.348. The molecule has 0 aliphatic carbocycles. The lowest BCUT2D eigenvalue weighted by molar-refractivity contribution is -0.142. The average molecular weight is 474 g/mol. The van der Waals surface area contributed by atoms with E-state index in [0.717, 1.165) is 11.1 Å². The number of carboxylic acids is 1. The minimum absolute atomic E-state index is 0.101. The first-order chi connectivity index (χ1) is 15.7. The van der Waals surface area contributed by atoms with Gasteiger partial charge in [-0.2, -0.15) is 11.8 Å². The number of aliphatic carboxylic acids is 1. The highest BCUT2D eigenvalue weighted by Crippen LogP contribution is 2.19. The van der Waals surface area contributed by atoms with Gasteiger partial charge in [-0.05, 0) is 49.2 Å². The van der Waals surface area contributed by atoms with Gasteiger partial charge in [-0.1, -0.05) is 6.07 Å². The second kappa shape index (κ2) is 12.6. The first-order valence-electron chi connectivity index (χ1n) is 10.2. The van der Waals surface area contributed by atoms with E-state index in [-0.39, 0.29) is 23.7 Å². The predicted octanol–water partition coefficient (Wildman–Crippen LogP) is 3.07. The number of amides is 2. The maximum atomic E-state index is 12.7. The van der Waals surface area contributed by atoms with E-state index < -0.39 is 29.9 Å². The molecule has 176 valence electrons. The number of anilines is 1. The van der Waals surface area contributed by atoms with Gasteiger partial charge < -0.3 is 20.5 Å². The number of carboxylic acid groups (broad SMARTS) is 1. The third-order valence-electron chi connectivity index (χ3n) is 4.61. The molecule has 9 nitrogen and oxygen atoms in total. The normalized spacial score (nSPS) is 12.3. The fourth-order valence-corrected chi connectivity index (χ4v) is 4.34. The van der Waals surface area contributed by atoms with Gasteiger partial charge in [-0.15, -0.1) is 0 Å². The van der Waals surface area contributed by atoms with E-state index in [1.807, 2.05) is 19.9 Å². The molecule has 2 rings (SSSR count). The summed E-state index contributed by atoms with van der Waals surface area (Å²) < 4.78 is 4.78. The zero-order chi connectivity index (χ0) is 24.4. The van der Waals surface area contributed by atoms with E-state index in [1.54, 1.807) is 24.3 Å². The lowest BCUT2D eigenvalue weighted by Gasteiger charge is -2.19. The lowest BCUT2D eigenvalue weighted by Crippen LogP contribution is -2.45. The number of esters is 1. The van der Waals surface area contributed by atoms with Gasteiger partial charge in [-0.3, -0.25) is 14.6 Å². The summed E-state index contributed by atoms with van der Waals surface area (Å²) >= 11 is 1.18. The van der Waals surface area contributed by atoms with Crippen LogP contribution in [0, 0.1) is 19.8 Å². The molecular formula is C23H27N3O6S. The Labute approximate surface area is 196 Å². The van der Waals surface area contributed by atoms with Crippen molar-refractivity contribution < 1.29 is 29.0 Å². The maximum Gasteiger partial charge on any atom is 0.329 e. The molecule has 2 atom stereocenters. The third-order valence-corrected chi connectivity index (χ3v) is 5.82. The predicted molar refractivity (Wildman–Crippen MR) is 126 cm³/mol. The molecule has 2 unspecified atom stereocenters. The maximum absolute atomic E-state index is 12.7. The number of Topliss-reactive ketones (excluding diaryl/α,β-unsaturated/α-hetero) is 1. The zero-order valence-electron chi connectivity index (χ0n) is 18.7. The van der Waals surface area contributed by atoms with E-state index in [4.69, 9.17) is 4.74 Å². The van der Waals surface area contributed by atoms with Crippen molar-refractivity contribution in [3.8, 4) is 0 Å². The Hall–Kier alpha value is -3.40. The Kier molecular flexibility index (Phi) is 9.86. The number of hydrogen-bond donors (Lipinski definition) is 3. The summed E-state index contributed by atoms with van der Waals surface area (Å²) in [4.78, 5) is 52.4. The molecule has 0 aliphatic heterocycles. The van der Waals surface area contributed by atoms with Gasteiger partial charge in [0.2, 0.25) is 0 Å². The van der Waals surface area contributed by atoms with Crippen LogP contribution in [0.25, 0.3) is 0 Å². The molecule has 0 spiro atoms. The molecule has 3 N–H and O–H groups in total. The number of urea groups is 1. The Bertz CT molecular complexity index is 979. The molecule has 10 heteroatoms. The van der Waals surface area contributed by atoms with E-state index >= 15 is 0 Å².